The highest BCUT2D eigenvalue weighted by atomic mass is 15.0. The molecule has 17 heteroatoms. The molecule has 0 atom stereocenters. The van der Waals surface area contributed by atoms with Crippen molar-refractivity contribution in [3.63, 3.8) is 0 Å². The van der Waals surface area contributed by atoms with Crippen LogP contribution in [-0.4, -0.2) is 84.7 Å². The summed E-state index contributed by atoms with van der Waals surface area (Å²) in [5, 5.41) is 0. The second kappa shape index (κ2) is 45.4. The fourth-order valence-electron chi connectivity index (χ4n) is 4.95. The topological polar surface area (TPSA) is 219 Å². The number of rotatable bonds is 0. The van der Waals surface area contributed by atoms with Crippen molar-refractivity contribution in [3.8, 4) is 0 Å². The molecule has 0 aromatic carbocycles. The predicted octanol–water partition coefficient (Wildman–Crippen LogP) is 12.6. The van der Waals surface area contributed by atoms with Crippen LogP contribution in [0.1, 0.15) is 79.3 Å². The molecule has 0 bridgehead atoms. The quantitative estimate of drug-likeness (QED) is 0.138. The molecule has 0 saturated carbocycles. The van der Waals surface area contributed by atoms with Crippen LogP contribution in [0.15, 0.2) is 215 Å². The number of nitrogens with zero attached hydrogens (tertiary/aromatic N) is 17. The molecule has 0 aliphatic heterocycles. The van der Waals surface area contributed by atoms with Crippen LogP contribution in [-0.2, 0) is 0 Å². The van der Waals surface area contributed by atoms with Crippen molar-refractivity contribution in [2.45, 2.75) is 96.9 Å². The van der Waals surface area contributed by atoms with E-state index < -0.39 is 0 Å². The Hall–Kier alpha value is -9.77. The van der Waals surface area contributed by atoms with Gasteiger partial charge in [-0.15, -0.1) is 0 Å². The first-order valence-corrected chi connectivity index (χ1v) is 25.3. The molecule has 11 aromatic heterocycles. The zero-order valence-electron chi connectivity index (χ0n) is 48.8. The third-order valence-electron chi connectivity index (χ3n) is 9.42. The van der Waals surface area contributed by atoms with Crippen LogP contribution in [0.5, 0.6) is 0 Å². The Morgan fingerprint density at radius 1 is 0.225 bits per heavy atom. The van der Waals surface area contributed by atoms with Gasteiger partial charge in [0.05, 0.1) is 0 Å². The molecule has 0 N–H and O–H groups in total. The minimum absolute atomic E-state index is 0.759. The van der Waals surface area contributed by atoms with Crippen LogP contribution in [0.25, 0.3) is 0 Å². The van der Waals surface area contributed by atoms with Crippen molar-refractivity contribution in [1.29, 1.82) is 0 Å². The summed E-state index contributed by atoms with van der Waals surface area (Å²) in [6, 6.07) is 31.2. The van der Waals surface area contributed by atoms with Crippen LogP contribution >= 0.6 is 0 Å². The van der Waals surface area contributed by atoms with E-state index in [1.54, 1.807) is 74.1 Å². The molecule has 0 amide bonds. The first-order valence-electron chi connectivity index (χ1n) is 25.3. The van der Waals surface area contributed by atoms with Crippen LogP contribution in [0.4, 0.5) is 0 Å². The van der Waals surface area contributed by atoms with Gasteiger partial charge in [0.25, 0.3) is 0 Å². The van der Waals surface area contributed by atoms with E-state index >= 15 is 0 Å². The Balaban J connectivity index is 0.000000440. The summed E-state index contributed by atoms with van der Waals surface area (Å²) < 4.78 is 0. The van der Waals surface area contributed by atoms with E-state index in [-0.39, 0.29) is 0 Å². The van der Waals surface area contributed by atoms with E-state index in [0.29, 0.717) is 0 Å². The standard InChI is InChI=1S/3C7H9N.3C6H7N.4C5H6N2.C4H5N3/c1-6-3-7(2)5-8-4-6;2*1-6-4-3-5-8-7(6)2;1-6-3-2-4-7-5-6;2*1-6-4-2-3-5-7-6;1-5-2-6-4-7-3-5;1-5-2-3-6-4-7-5;2*1-5-6-3-2-4-7-5;1-4-6-2-5-3-7-4/h3*3-5H,1-2H3;3*2-5H,1H3;4*2-4H,1H3;2-3H,1H3. The Morgan fingerprint density at radius 3 is 0.838 bits per heavy atom. The highest BCUT2D eigenvalue weighted by molar-refractivity contribution is 5.16. The molecule has 0 unspecified atom stereocenters. The lowest BCUT2D eigenvalue weighted by atomic mass is 10.2. The molecule has 0 saturated heterocycles. The summed E-state index contributed by atoms with van der Waals surface area (Å²) in [6.45, 7) is 27.6. The van der Waals surface area contributed by atoms with Crippen molar-refractivity contribution in [1.82, 2.24) is 84.7 Å². The fourth-order valence-corrected chi connectivity index (χ4v) is 4.95. The average molecular weight is 1070 g/mol. The number of aryl methyl sites for hydroxylation is 14. The SMILES string of the molecule is Cc1ccccn1.Cc1ccccn1.Cc1cccnc1.Cc1cccnc1C.Cc1cccnc1C.Cc1ccncn1.Cc1cncc(C)c1.Cc1cncnc1.Cc1ncccn1.Cc1ncccn1.Cc1ncncn1. The fraction of sp³-hybridized carbons (Fsp3) is 0.222. The summed E-state index contributed by atoms with van der Waals surface area (Å²) in [6.07, 6.45) is 32.7. The van der Waals surface area contributed by atoms with Crippen LogP contribution < -0.4 is 0 Å². The molecule has 0 aliphatic rings. The number of hydrogen-bond acceptors (Lipinski definition) is 17. The summed E-state index contributed by atoms with van der Waals surface area (Å²) in [4.78, 5) is 65.7. The van der Waals surface area contributed by atoms with Gasteiger partial charge in [0.15, 0.2) is 0 Å². The van der Waals surface area contributed by atoms with Crippen molar-refractivity contribution >= 4 is 0 Å². The third kappa shape index (κ3) is 41.5. The van der Waals surface area contributed by atoms with E-state index in [2.05, 4.69) is 117 Å². The van der Waals surface area contributed by atoms with Crippen LogP contribution in [0.3, 0.4) is 0 Å². The van der Waals surface area contributed by atoms with Crippen LogP contribution in [0, 0.1) is 96.9 Å². The largest absolute Gasteiger partial charge is 0.264 e. The van der Waals surface area contributed by atoms with E-state index in [4.69, 9.17) is 0 Å². The molecular weight excluding hydrogens is 995 g/mol. The first-order chi connectivity index (χ1) is 38.5. The number of pyridine rings is 6. The summed E-state index contributed by atoms with van der Waals surface area (Å²) in [7, 11) is 0. The molecule has 0 radical (unpaired) electrons. The smallest absolute Gasteiger partial charge is 0.128 e. The Morgan fingerprint density at radius 2 is 0.625 bits per heavy atom. The summed E-state index contributed by atoms with van der Waals surface area (Å²) in [5.41, 5.74) is 12.7. The molecule has 11 aromatic rings. The van der Waals surface area contributed by atoms with Crippen molar-refractivity contribution < 1.29 is 0 Å². The van der Waals surface area contributed by atoms with Gasteiger partial charge in [0, 0.05) is 121 Å². The van der Waals surface area contributed by atoms with Gasteiger partial charge in [-0.05, 0) is 191 Å². The minimum atomic E-state index is 0.759. The lowest BCUT2D eigenvalue weighted by Gasteiger charge is -1.92. The molecule has 0 spiro atoms. The normalized spacial score (nSPS) is 8.88. The molecule has 11 rings (SSSR count). The number of aromatic nitrogens is 17. The van der Waals surface area contributed by atoms with Gasteiger partial charge < -0.3 is 0 Å². The molecule has 0 aliphatic carbocycles. The molecule has 0 fully saturated rings. The van der Waals surface area contributed by atoms with Gasteiger partial charge in [0.2, 0.25) is 0 Å². The molecule has 80 heavy (non-hydrogen) atoms. The lowest BCUT2D eigenvalue weighted by molar-refractivity contribution is 0.974. The maximum absolute atomic E-state index is 4.08. The van der Waals surface area contributed by atoms with E-state index in [0.717, 1.165) is 51.5 Å². The highest BCUT2D eigenvalue weighted by Gasteiger charge is 1.87. The first kappa shape index (κ1) is 68.2. The molecule has 414 valence electrons. The van der Waals surface area contributed by atoms with Gasteiger partial charge in [-0.2, -0.15) is 0 Å². The number of hydrogen-bond donors (Lipinski definition) is 0. The molecule has 17 nitrogen and oxygen atoms in total. The second-order valence-corrected chi connectivity index (χ2v) is 16.9. The lowest BCUT2D eigenvalue weighted by Crippen LogP contribution is -1.84. The Bertz CT molecular complexity index is 2570. The van der Waals surface area contributed by atoms with Crippen molar-refractivity contribution in [2.24, 2.45) is 0 Å². The summed E-state index contributed by atoms with van der Waals surface area (Å²) in [5.74, 6) is 2.40. The zero-order valence-corrected chi connectivity index (χ0v) is 48.8. The van der Waals surface area contributed by atoms with E-state index in [1.165, 1.54) is 53.1 Å². The second-order valence-electron chi connectivity index (χ2n) is 16.9. The molecule has 11 heterocycles. The average Bonchev–Trinajstić information content (AvgIpc) is 3.46. The van der Waals surface area contributed by atoms with Gasteiger partial charge >= 0.3 is 0 Å². The van der Waals surface area contributed by atoms with E-state index in [9.17, 15) is 0 Å². The van der Waals surface area contributed by atoms with Gasteiger partial charge in [-0.1, -0.05) is 36.4 Å². The van der Waals surface area contributed by atoms with Crippen LogP contribution in [0.2, 0.25) is 0 Å². The molecular formula is C63H77N17. The monoisotopic (exact) mass is 1070 g/mol. The highest BCUT2D eigenvalue weighted by Crippen LogP contribution is 2.00. The maximum Gasteiger partial charge on any atom is 0.128 e. The van der Waals surface area contributed by atoms with Gasteiger partial charge in [-0.25, -0.2) is 54.8 Å². The third-order valence-corrected chi connectivity index (χ3v) is 9.42. The van der Waals surface area contributed by atoms with Crippen molar-refractivity contribution in [2.75, 3.05) is 0 Å². The minimum Gasteiger partial charge on any atom is -0.264 e. The predicted molar refractivity (Wildman–Crippen MR) is 320 cm³/mol. The van der Waals surface area contributed by atoms with E-state index in [1.807, 2.05) is 181 Å². The maximum atomic E-state index is 4.08. The Labute approximate surface area is 474 Å². The zero-order chi connectivity index (χ0) is 58.9. The Kier molecular flexibility index (Phi) is 38.8. The van der Waals surface area contributed by atoms with Crippen molar-refractivity contribution in [3.05, 3.63) is 295 Å². The van der Waals surface area contributed by atoms with Gasteiger partial charge in [0.1, 0.15) is 42.8 Å². The van der Waals surface area contributed by atoms with Gasteiger partial charge in [-0.3, -0.25) is 29.9 Å². The summed E-state index contributed by atoms with van der Waals surface area (Å²) >= 11 is 0.